The molecule has 1 aromatic rings. The van der Waals surface area contributed by atoms with E-state index in [1.807, 2.05) is 13.0 Å². The number of carbonyl (C=O) groups excluding carboxylic acids is 2. The third kappa shape index (κ3) is 3.76. The summed E-state index contributed by atoms with van der Waals surface area (Å²) < 4.78 is 10.2. The second kappa shape index (κ2) is 7.26. The highest BCUT2D eigenvalue weighted by Crippen LogP contribution is 2.23. The minimum Gasteiger partial charge on any atom is -0.497 e. The first-order valence-electron chi connectivity index (χ1n) is 7.28. The molecule has 0 aliphatic carbocycles. The van der Waals surface area contributed by atoms with Gasteiger partial charge in [-0.1, -0.05) is 6.07 Å². The van der Waals surface area contributed by atoms with Gasteiger partial charge in [-0.2, -0.15) is 0 Å². The van der Waals surface area contributed by atoms with Crippen LogP contribution in [-0.4, -0.2) is 50.1 Å². The summed E-state index contributed by atoms with van der Waals surface area (Å²) in [6.45, 7) is 2.82. The monoisotopic (exact) mass is 306 g/mol. The summed E-state index contributed by atoms with van der Waals surface area (Å²) >= 11 is 0. The van der Waals surface area contributed by atoms with Crippen molar-refractivity contribution < 1.29 is 19.1 Å². The Morgan fingerprint density at radius 1 is 1.45 bits per heavy atom. The van der Waals surface area contributed by atoms with Crippen LogP contribution in [0, 0.1) is 5.92 Å². The molecular weight excluding hydrogens is 284 g/mol. The largest absolute Gasteiger partial charge is 0.497 e. The minimum absolute atomic E-state index is 0.00431. The molecule has 1 aromatic carbocycles. The van der Waals surface area contributed by atoms with Gasteiger partial charge in [0.1, 0.15) is 5.75 Å². The van der Waals surface area contributed by atoms with Crippen molar-refractivity contribution in [3.63, 3.8) is 0 Å². The van der Waals surface area contributed by atoms with E-state index in [0.717, 1.165) is 0 Å². The molecule has 1 aliphatic heterocycles. The lowest BCUT2D eigenvalue weighted by Gasteiger charge is -2.23. The lowest BCUT2D eigenvalue weighted by Crippen LogP contribution is -2.38. The molecule has 0 bridgehead atoms. The molecule has 2 atom stereocenters. The molecule has 2 unspecified atom stereocenters. The highest BCUT2D eigenvalue weighted by Gasteiger charge is 2.36. The number of likely N-dealkylation sites (tertiary alicyclic amines) is 1. The van der Waals surface area contributed by atoms with E-state index in [1.54, 1.807) is 37.3 Å². The Bertz CT molecular complexity index is 547. The number of nitrogens with one attached hydrogen (secondary N) is 1. The van der Waals surface area contributed by atoms with Crippen molar-refractivity contribution in [1.82, 2.24) is 4.90 Å². The van der Waals surface area contributed by atoms with E-state index in [1.165, 1.54) is 0 Å². The van der Waals surface area contributed by atoms with Crippen molar-refractivity contribution in [1.29, 1.82) is 0 Å². The molecule has 6 heteroatoms. The van der Waals surface area contributed by atoms with E-state index in [2.05, 4.69) is 5.32 Å². The Balaban J connectivity index is 1.97. The second-order valence-electron chi connectivity index (χ2n) is 5.47. The fourth-order valence-electron chi connectivity index (χ4n) is 2.61. The van der Waals surface area contributed by atoms with Gasteiger partial charge in [-0.25, -0.2) is 0 Å². The highest BCUT2D eigenvalue weighted by atomic mass is 16.5. The fraction of sp³-hybridized carbons (Fsp3) is 0.500. The van der Waals surface area contributed by atoms with Crippen molar-refractivity contribution in [3.05, 3.63) is 24.3 Å². The molecule has 1 heterocycles. The van der Waals surface area contributed by atoms with Gasteiger partial charge < -0.3 is 19.7 Å². The predicted molar refractivity (Wildman–Crippen MR) is 82.8 cm³/mol. The van der Waals surface area contributed by atoms with Crippen molar-refractivity contribution >= 4 is 17.5 Å². The number of rotatable bonds is 6. The van der Waals surface area contributed by atoms with Gasteiger partial charge in [-0.3, -0.25) is 9.59 Å². The van der Waals surface area contributed by atoms with Gasteiger partial charge in [0.05, 0.1) is 25.7 Å². The molecule has 2 amide bonds. The first-order chi connectivity index (χ1) is 10.5. The quantitative estimate of drug-likeness (QED) is 0.865. The zero-order valence-corrected chi connectivity index (χ0v) is 13.2. The summed E-state index contributed by atoms with van der Waals surface area (Å²) in [5, 5.41) is 2.84. The molecule has 1 aliphatic rings. The Hall–Kier alpha value is -2.08. The van der Waals surface area contributed by atoms with Gasteiger partial charge >= 0.3 is 0 Å². The molecule has 0 spiro atoms. The van der Waals surface area contributed by atoms with Gasteiger partial charge in [0.15, 0.2) is 0 Å². The van der Waals surface area contributed by atoms with Gasteiger partial charge in [-0.15, -0.1) is 0 Å². The second-order valence-corrected chi connectivity index (χ2v) is 5.47. The summed E-state index contributed by atoms with van der Waals surface area (Å²) in [6, 6.07) is 7.14. The molecule has 1 saturated heterocycles. The maximum absolute atomic E-state index is 12.3. The normalized spacial score (nSPS) is 19.1. The Morgan fingerprint density at radius 2 is 2.23 bits per heavy atom. The Morgan fingerprint density at radius 3 is 2.91 bits per heavy atom. The van der Waals surface area contributed by atoms with Crippen LogP contribution in [0.15, 0.2) is 24.3 Å². The number of hydrogen-bond donors (Lipinski definition) is 1. The lowest BCUT2D eigenvalue weighted by atomic mass is 10.1. The average Bonchev–Trinajstić information content (AvgIpc) is 2.90. The molecule has 6 nitrogen and oxygen atoms in total. The van der Waals surface area contributed by atoms with E-state index in [4.69, 9.17) is 9.47 Å². The van der Waals surface area contributed by atoms with E-state index < -0.39 is 0 Å². The van der Waals surface area contributed by atoms with Crippen LogP contribution in [0.1, 0.15) is 13.3 Å². The molecule has 1 N–H and O–H groups in total. The number of amides is 2. The summed E-state index contributed by atoms with van der Waals surface area (Å²) in [5.41, 5.74) is 0.667. The molecule has 0 saturated carbocycles. The van der Waals surface area contributed by atoms with Crippen LogP contribution in [-0.2, 0) is 14.3 Å². The van der Waals surface area contributed by atoms with Crippen LogP contribution in [0.4, 0.5) is 5.69 Å². The van der Waals surface area contributed by atoms with Crippen LogP contribution >= 0.6 is 0 Å². The zero-order chi connectivity index (χ0) is 16.1. The smallest absolute Gasteiger partial charge is 0.229 e. The summed E-state index contributed by atoms with van der Waals surface area (Å²) in [4.78, 5) is 26.1. The predicted octanol–water partition coefficient (Wildman–Crippen LogP) is 1.52. The molecule has 1 fully saturated rings. The number of carbonyl (C=O) groups is 2. The maximum Gasteiger partial charge on any atom is 0.229 e. The topological polar surface area (TPSA) is 67.9 Å². The van der Waals surface area contributed by atoms with Crippen molar-refractivity contribution in [3.8, 4) is 5.75 Å². The van der Waals surface area contributed by atoms with Crippen molar-refractivity contribution in [2.45, 2.75) is 19.4 Å². The Labute approximate surface area is 130 Å². The van der Waals surface area contributed by atoms with E-state index >= 15 is 0 Å². The van der Waals surface area contributed by atoms with Crippen LogP contribution in [0.25, 0.3) is 0 Å². The third-order valence-electron chi connectivity index (χ3n) is 3.81. The lowest BCUT2D eigenvalue weighted by molar-refractivity contribution is -0.130. The van der Waals surface area contributed by atoms with Crippen LogP contribution in [0.2, 0.25) is 0 Å². The SMILES string of the molecule is COCC(C)N1CC(C(=O)Nc2cccc(OC)c2)CC1=O. The minimum atomic E-state index is -0.335. The van der Waals surface area contributed by atoms with Gasteiger partial charge in [0.2, 0.25) is 11.8 Å². The van der Waals surface area contributed by atoms with Gasteiger partial charge in [0.25, 0.3) is 0 Å². The summed E-state index contributed by atoms with van der Waals surface area (Å²) in [5.74, 6) is 0.192. The maximum atomic E-state index is 12.3. The first-order valence-corrected chi connectivity index (χ1v) is 7.28. The zero-order valence-electron chi connectivity index (χ0n) is 13.2. The first kappa shape index (κ1) is 16.3. The molecule has 0 aromatic heterocycles. The van der Waals surface area contributed by atoms with Crippen LogP contribution < -0.4 is 10.1 Å². The standard InChI is InChI=1S/C16H22N2O4/c1-11(10-21-2)18-9-12(7-15(18)19)16(20)17-13-5-4-6-14(8-13)22-3/h4-6,8,11-12H,7,9-10H2,1-3H3,(H,17,20). The van der Waals surface area contributed by atoms with E-state index in [-0.39, 0.29) is 30.2 Å². The van der Waals surface area contributed by atoms with Gasteiger partial charge in [0, 0.05) is 31.8 Å². The van der Waals surface area contributed by atoms with E-state index in [0.29, 0.717) is 24.6 Å². The molecular formula is C16H22N2O4. The number of ether oxygens (including phenoxy) is 2. The molecule has 2 rings (SSSR count). The molecule has 22 heavy (non-hydrogen) atoms. The van der Waals surface area contributed by atoms with Crippen molar-refractivity contribution in [2.75, 3.05) is 32.7 Å². The third-order valence-corrected chi connectivity index (χ3v) is 3.81. The summed E-state index contributed by atoms with van der Waals surface area (Å²) in [6.07, 6.45) is 0.240. The average molecular weight is 306 g/mol. The van der Waals surface area contributed by atoms with Crippen LogP contribution in [0.5, 0.6) is 5.75 Å². The molecule has 0 radical (unpaired) electrons. The summed E-state index contributed by atoms with van der Waals surface area (Å²) in [7, 11) is 3.18. The van der Waals surface area contributed by atoms with Crippen molar-refractivity contribution in [2.24, 2.45) is 5.92 Å². The number of nitrogens with zero attached hydrogens (tertiary/aromatic N) is 1. The number of methoxy groups -OCH3 is 2. The number of benzene rings is 1. The fourth-order valence-corrected chi connectivity index (χ4v) is 2.61. The van der Waals surface area contributed by atoms with Gasteiger partial charge in [-0.05, 0) is 19.1 Å². The molecule has 120 valence electrons. The van der Waals surface area contributed by atoms with E-state index in [9.17, 15) is 9.59 Å². The Kier molecular flexibility index (Phi) is 5.38. The number of anilines is 1. The number of hydrogen-bond acceptors (Lipinski definition) is 4. The highest BCUT2D eigenvalue weighted by molar-refractivity contribution is 5.97. The van der Waals surface area contributed by atoms with Crippen LogP contribution in [0.3, 0.4) is 0 Å².